The molecule has 0 fully saturated rings. The van der Waals surface area contributed by atoms with Crippen LogP contribution in [0.15, 0.2) is 53.0 Å². The lowest BCUT2D eigenvalue weighted by atomic mass is 10.1. The second kappa shape index (κ2) is 6.56. The summed E-state index contributed by atoms with van der Waals surface area (Å²) in [6.07, 6.45) is 0. The minimum Gasteiger partial charge on any atom is -0.319 e. The van der Waals surface area contributed by atoms with Crippen LogP contribution in [0.4, 0.5) is 5.69 Å². The number of anilines is 1. The van der Waals surface area contributed by atoms with Crippen molar-refractivity contribution in [1.82, 2.24) is 10.2 Å². The Balaban J connectivity index is 1.79. The van der Waals surface area contributed by atoms with Crippen LogP contribution < -0.4 is 5.32 Å². The van der Waals surface area contributed by atoms with Crippen LogP contribution in [0.25, 0.3) is 11.3 Å². The quantitative estimate of drug-likeness (QED) is 0.657. The van der Waals surface area contributed by atoms with Crippen molar-refractivity contribution in [1.29, 1.82) is 0 Å². The van der Waals surface area contributed by atoms with Crippen LogP contribution in [0, 0.1) is 6.92 Å². The van der Waals surface area contributed by atoms with E-state index in [4.69, 9.17) is 11.6 Å². The van der Waals surface area contributed by atoms with E-state index in [9.17, 15) is 4.79 Å². The van der Waals surface area contributed by atoms with Crippen LogP contribution in [0.3, 0.4) is 0 Å². The van der Waals surface area contributed by atoms with Gasteiger partial charge in [-0.25, -0.2) is 0 Å². The Morgan fingerprint density at radius 2 is 1.91 bits per heavy atom. The highest BCUT2D eigenvalue weighted by Gasteiger charge is 2.12. The molecule has 1 amide bonds. The predicted molar refractivity (Wildman–Crippen MR) is 95.9 cm³/mol. The zero-order valence-electron chi connectivity index (χ0n) is 12.2. The van der Waals surface area contributed by atoms with Crippen LogP contribution in [-0.2, 0) is 0 Å². The van der Waals surface area contributed by atoms with E-state index in [0.29, 0.717) is 22.1 Å². The zero-order chi connectivity index (χ0) is 16.4. The topological polar surface area (TPSA) is 57.8 Å². The first-order valence-electron chi connectivity index (χ1n) is 6.92. The summed E-state index contributed by atoms with van der Waals surface area (Å²) in [5.74, 6) is -0.286. The number of hydrogen-bond donors (Lipinski definition) is 2. The highest BCUT2D eigenvalue weighted by atomic mass is 79.9. The lowest BCUT2D eigenvalue weighted by Gasteiger charge is -2.06. The summed E-state index contributed by atoms with van der Waals surface area (Å²) < 4.78 is 0.990. The van der Waals surface area contributed by atoms with Crippen LogP contribution >= 0.6 is 27.5 Å². The van der Waals surface area contributed by atoms with Crippen LogP contribution in [0.2, 0.25) is 5.02 Å². The second-order valence-corrected chi connectivity index (χ2v) is 6.43. The van der Waals surface area contributed by atoms with Crippen molar-refractivity contribution in [3.8, 4) is 11.3 Å². The zero-order valence-corrected chi connectivity index (χ0v) is 14.6. The Bertz CT molecular complexity index is 859. The largest absolute Gasteiger partial charge is 0.319 e. The Morgan fingerprint density at radius 1 is 1.17 bits per heavy atom. The van der Waals surface area contributed by atoms with Gasteiger partial charge >= 0.3 is 0 Å². The van der Waals surface area contributed by atoms with Crippen molar-refractivity contribution in [3.63, 3.8) is 0 Å². The number of aromatic nitrogens is 2. The van der Waals surface area contributed by atoms with Gasteiger partial charge in [0.25, 0.3) is 5.91 Å². The van der Waals surface area contributed by atoms with Gasteiger partial charge in [0, 0.05) is 10.0 Å². The number of nitrogens with one attached hydrogen (secondary N) is 2. The minimum absolute atomic E-state index is 0.286. The molecule has 0 aliphatic rings. The molecule has 1 aromatic heterocycles. The first-order chi connectivity index (χ1) is 11.0. The standard InChI is InChI=1S/C17H13BrClN3O/c1-10-2-7-14(13(19)8-10)20-17(23)16-9-15(21-22-16)11-3-5-12(18)6-4-11/h2-9H,1H3,(H,20,23)(H,21,22). The molecule has 3 rings (SSSR count). The molecule has 0 radical (unpaired) electrons. The van der Waals surface area contributed by atoms with Crippen molar-refractivity contribution in [2.24, 2.45) is 0 Å². The minimum atomic E-state index is -0.286. The number of halogens is 2. The molecule has 0 saturated carbocycles. The Hall–Kier alpha value is -2.11. The van der Waals surface area contributed by atoms with E-state index < -0.39 is 0 Å². The smallest absolute Gasteiger partial charge is 0.273 e. The number of aryl methyl sites for hydroxylation is 1. The van der Waals surface area contributed by atoms with Gasteiger partial charge in [-0.05, 0) is 42.8 Å². The molecule has 0 spiro atoms. The van der Waals surface area contributed by atoms with Crippen molar-refractivity contribution >= 4 is 39.1 Å². The average molecular weight is 391 g/mol. The molecule has 3 aromatic rings. The molecule has 23 heavy (non-hydrogen) atoms. The fourth-order valence-corrected chi connectivity index (χ4v) is 2.66. The average Bonchev–Trinajstić information content (AvgIpc) is 3.01. The molecule has 2 N–H and O–H groups in total. The Kier molecular flexibility index (Phi) is 4.50. The number of rotatable bonds is 3. The number of hydrogen-bond acceptors (Lipinski definition) is 2. The lowest BCUT2D eigenvalue weighted by molar-refractivity contribution is 0.102. The van der Waals surface area contributed by atoms with Gasteiger partial charge in [0.2, 0.25) is 0 Å². The van der Waals surface area contributed by atoms with E-state index in [0.717, 1.165) is 15.6 Å². The first-order valence-corrected chi connectivity index (χ1v) is 8.09. The van der Waals surface area contributed by atoms with E-state index in [1.165, 1.54) is 0 Å². The first kappa shape index (κ1) is 15.8. The van der Waals surface area contributed by atoms with Gasteiger partial charge in [-0.1, -0.05) is 45.7 Å². The highest BCUT2D eigenvalue weighted by Crippen LogP contribution is 2.24. The van der Waals surface area contributed by atoms with Gasteiger partial charge in [-0.2, -0.15) is 5.10 Å². The van der Waals surface area contributed by atoms with E-state index in [1.54, 1.807) is 18.2 Å². The molecule has 0 saturated heterocycles. The predicted octanol–water partition coefficient (Wildman–Crippen LogP) is 5.05. The van der Waals surface area contributed by atoms with Gasteiger partial charge in [0.15, 0.2) is 0 Å². The van der Waals surface area contributed by atoms with Gasteiger partial charge < -0.3 is 5.32 Å². The molecule has 0 atom stereocenters. The van der Waals surface area contributed by atoms with Crippen molar-refractivity contribution < 1.29 is 4.79 Å². The highest BCUT2D eigenvalue weighted by molar-refractivity contribution is 9.10. The molecule has 0 bridgehead atoms. The molecular weight excluding hydrogens is 378 g/mol. The number of H-pyrrole nitrogens is 1. The van der Waals surface area contributed by atoms with Crippen molar-refractivity contribution in [2.45, 2.75) is 6.92 Å². The molecular formula is C17H13BrClN3O. The molecule has 2 aromatic carbocycles. The number of benzene rings is 2. The fraction of sp³-hybridized carbons (Fsp3) is 0.0588. The van der Waals surface area contributed by atoms with Gasteiger partial charge in [-0.3, -0.25) is 9.89 Å². The number of amides is 1. The molecule has 0 aliphatic carbocycles. The maximum absolute atomic E-state index is 12.3. The summed E-state index contributed by atoms with van der Waals surface area (Å²) in [6, 6.07) is 14.9. The summed E-state index contributed by atoms with van der Waals surface area (Å²) >= 11 is 9.52. The normalized spacial score (nSPS) is 10.6. The van der Waals surface area contributed by atoms with Crippen molar-refractivity contribution in [3.05, 3.63) is 69.3 Å². The molecule has 116 valence electrons. The van der Waals surface area contributed by atoms with Gasteiger partial charge in [-0.15, -0.1) is 0 Å². The van der Waals surface area contributed by atoms with Crippen LogP contribution in [0.5, 0.6) is 0 Å². The third kappa shape index (κ3) is 3.63. The number of nitrogens with zero attached hydrogens (tertiary/aromatic N) is 1. The van der Waals surface area contributed by atoms with Gasteiger partial charge in [0.1, 0.15) is 5.69 Å². The summed E-state index contributed by atoms with van der Waals surface area (Å²) in [6.45, 7) is 1.94. The molecule has 6 heteroatoms. The summed E-state index contributed by atoms with van der Waals surface area (Å²) in [5, 5.41) is 10.2. The number of aromatic amines is 1. The molecule has 1 heterocycles. The van der Waals surface area contributed by atoms with E-state index in [-0.39, 0.29) is 5.91 Å². The second-order valence-electron chi connectivity index (χ2n) is 5.11. The molecule has 4 nitrogen and oxygen atoms in total. The number of carbonyl (C=O) groups excluding carboxylic acids is 1. The van der Waals surface area contributed by atoms with E-state index in [2.05, 4.69) is 31.4 Å². The maximum Gasteiger partial charge on any atom is 0.273 e. The lowest BCUT2D eigenvalue weighted by Crippen LogP contribution is -2.12. The van der Waals surface area contributed by atoms with E-state index >= 15 is 0 Å². The number of carbonyl (C=O) groups is 1. The maximum atomic E-state index is 12.3. The van der Waals surface area contributed by atoms with Crippen LogP contribution in [0.1, 0.15) is 16.1 Å². The van der Waals surface area contributed by atoms with Crippen molar-refractivity contribution in [2.75, 3.05) is 5.32 Å². The SMILES string of the molecule is Cc1ccc(NC(=O)c2cc(-c3ccc(Br)cc3)n[nH]2)c(Cl)c1. The molecule has 0 unspecified atom stereocenters. The van der Waals surface area contributed by atoms with Gasteiger partial charge in [0.05, 0.1) is 16.4 Å². The van der Waals surface area contributed by atoms with Crippen LogP contribution in [-0.4, -0.2) is 16.1 Å². The summed E-state index contributed by atoms with van der Waals surface area (Å²) in [4.78, 5) is 12.3. The fourth-order valence-electron chi connectivity index (χ4n) is 2.12. The Labute approximate surface area is 147 Å². The summed E-state index contributed by atoms with van der Waals surface area (Å²) in [7, 11) is 0. The monoisotopic (exact) mass is 389 g/mol. The third-order valence-corrected chi connectivity index (χ3v) is 4.18. The third-order valence-electron chi connectivity index (χ3n) is 3.34. The Morgan fingerprint density at radius 3 is 2.61 bits per heavy atom. The molecule has 0 aliphatic heterocycles. The van der Waals surface area contributed by atoms with E-state index in [1.807, 2.05) is 37.3 Å². The summed E-state index contributed by atoms with van der Waals surface area (Å²) in [5.41, 5.74) is 3.61.